The Morgan fingerprint density at radius 1 is 0.625 bits per heavy atom. The van der Waals surface area contributed by atoms with E-state index in [2.05, 4.69) is 113 Å². The fourth-order valence-corrected chi connectivity index (χ4v) is 6.42. The summed E-state index contributed by atoms with van der Waals surface area (Å²) < 4.78 is 8.17. The van der Waals surface area contributed by atoms with Crippen LogP contribution in [0.4, 0.5) is 0 Å². The van der Waals surface area contributed by atoms with E-state index in [4.69, 9.17) is 14.4 Å². The summed E-state index contributed by atoms with van der Waals surface area (Å²) >= 11 is 0. The quantitative estimate of drug-likeness (QED) is 0.176. The molecule has 9 rings (SSSR count). The molecule has 0 spiro atoms. The zero-order chi connectivity index (χ0) is 31.3. The van der Waals surface area contributed by atoms with E-state index in [-0.39, 0.29) is 26.9 Å². The van der Waals surface area contributed by atoms with Gasteiger partial charge in [-0.3, -0.25) is 0 Å². The van der Waals surface area contributed by atoms with Crippen molar-refractivity contribution in [1.29, 1.82) is 0 Å². The molecule has 0 unspecified atom stereocenters. The monoisotopic (exact) mass is 800 g/mol. The van der Waals surface area contributed by atoms with Crippen molar-refractivity contribution in [2.24, 2.45) is 0 Å². The third-order valence-electron chi connectivity index (χ3n) is 8.56. The van der Waals surface area contributed by atoms with Gasteiger partial charge in [0, 0.05) is 50.7 Å². The maximum atomic E-state index is 10.6. The molecular weight excluding hydrogens is 776 g/mol. The van der Waals surface area contributed by atoms with Crippen LogP contribution in [-0.4, -0.2) is 24.6 Å². The van der Waals surface area contributed by atoms with Gasteiger partial charge >= 0.3 is 0 Å². The van der Waals surface area contributed by atoms with Gasteiger partial charge in [-0.15, -0.1) is 35.0 Å². The van der Waals surface area contributed by atoms with Gasteiger partial charge in [-0.2, -0.15) is 0 Å². The van der Waals surface area contributed by atoms with Crippen molar-refractivity contribution in [3.05, 3.63) is 152 Å². The molecule has 6 nitrogen and oxygen atoms in total. The second-order valence-corrected chi connectivity index (χ2v) is 11.3. The summed E-state index contributed by atoms with van der Waals surface area (Å²) in [6.07, 6.45) is 3.57. The van der Waals surface area contributed by atoms with E-state index in [1.165, 1.54) is 6.20 Å². The number of furan rings is 1. The first-order valence-electron chi connectivity index (χ1n) is 15.3. The molecule has 48 heavy (non-hydrogen) atoms. The van der Waals surface area contributed by atoms with E-state index in [9.17, 15) is 5.11 Å². The molecule has 1 N–H and O–H groups in total. The third kappa shape index (κ3) is 4.90. The average Bonchev–Trinajstić information content (AvgIpc) is 3.74. The molecule has 0 aliphatic rings. The topological polar surface area (TPSA) is 77.0 Å². The Bertz CT molecular complexity index is 2530. The molecule has 0 saturated heterocycles. The van der Waals surface area contributed by atoms with Crippen molar-refractivity contribution in [2.45, 2.75) is 0 Å². The molecule has 0 atom stereocenters. The fourth-order valence-electron chi connectivity index (χ4n) is 6.42. The zero-order valence-electron chi connectivity index (χ0n) is 25.3. The molecule has 0 fully saturated rings. The second kappa shape index (κ2) is 12.1. The number of rotatable bonds is 5. The Balaban J connectivity index is 0.00000336. The average molecular weight is 801 g/mol. The minimum Gasteiger partial charge on any atom is -0.493 e. The Labute approximate surface area is 290 Å². The van der Waals surface area contributed by atoms with Crippen molar-refractivity contribution in [3.63, 3.8) is 0 Å². The first-order valence-corrected chi connectivity index (χ1v) is 15.3. The summed E-state index contributed by atoms with van der Waals surface area (Å²) in [5, 5.41) is 13.1. The number of nitrogens with zero attached hydrogens (tertiary/aromatic N) is 4. The maximum Gasteiger partial charge on any atom is 0.224 e. The summed E-state index contributed by atoms with van der Waals surface area (Å²) in [6, 6.07) is 48.5. The summed E-state index contributed by atoms with van der Waals surface area (Å²) in [4.78, 5) is 14.4. The summed E-state index contributed by atoms with van der Waals surface area (Å²) in [6.45, 7) is 0. The number of imidazole rings is 1. The predicted octanol–water partition coefficient (Wildman–Crippen LogP) is 9.89. The number of para-hydroxylation sites is 1. The molecule has 0 radical (unpaired) electrons. The molecule has 232 valence electrons. The Kier molecular flexibility index (Phi) is 7.43. The normalized spacial score (nSPS) is 11.2. The SMILES string of the molecule is Oc1nccc2oc3ccc(-c4cn(-c5c(-c6ccccc6)cccc5-c5ccccc5)c(-c5cccc6ccc[c-]c56)n4)nc3c12.[Pt]. The molecule has 0 aliphatic heterocycles. The largest absolute Gasteiger partial charge is 0.493 e. The van der Waals surface area contributed by atoms with Gasteiger partial charge < -0.3 is 14.1 Å². The van der Waals surface area contributed by atoms with Crippen LogP contribution >= 0.6 is 0 Å². The van der Waals surface area contributed by atoms with Crippen LogP contribution in [0.3, 0.4) is 0 Å². The van der Waals surface area contributed by atoms with Crippen molar-refractivity contribution in [3.8, 4) is 56.6 Å². The van der Waals surface area contributed by atoms with Gasteiger partial charge in [0.05, 0.1) is 11.4 Å². The Morgan fingerprint density at radius 3 is 2.06 bits per heavy atom. The Hall–Kier alpha value is -5.84. The standard InChI is InChI=1S/C41H25N4O2.Pt/c46-41-37-35(23-24-42-41)47-36-22-21-33(43-38(36)37)34-25-45(40(44-34)32-20-9-16-26-15-7-8-17-29(26)32)39-30(27-11-3-1-4-12-27)18-10-19-31(39)28-13-5-2-6-14-28;/h1-16,18-25H,(H,42,46);/q-1;. The van der Waals surface area contributed by atoms with Crippen LogP contribution in [0.5, 0.6) is 5.88 Å². The second-order valence-electron chi connectivity index (χ2n) is 11.3. The molecule has 4 heterocycles. The van der Waals surface area contributed by atoms with E-state index in [0.717, 1.165) is 50.1 Å². The molecular formula is C41H25N4O2Pt-. The summed E-state index contributed by atoms with van der Waals surface area (Å²) in [5.41, 5.74) is 9.24. The number of fused-ring (bicyclic) bond motifs is 4. The molecule has 0 saturated carbocycles. The van der Waals surface area contributed by atoms with Crippen LogP contribution in [0.2, 0.25) is 0 Å². The molecule has 0 bridgehead atoms. The minimum atomic E-state index is -0.118. The van der Waals surface area contributed by atoms with Crippen LogP contribution in [0, 0.1) is 6.07 Å². The van der Waals surface area contributed by atoms with Gasteiger partial charge in [0.15, 0.2) is 5.58 Å². The third-order valence-corrected chi connectivity index (χ3v) is 8.56. The van der Waals surface area contributed by atoms with E-state index in [1.807, 2.05) is 36.4 Å². The maximum absolute atomic E-state index is 10.6. The van der Waals surface area contributed by atoms with E-state index in [1.54, 1.807) is 6.07 Å². The summed E-state index contributed by atoms with van der Waals surface area (Å²) in [7, 11) is 0. The van der Waals surface area contributed by atoms with Crippen LogP contribution < -0.4 is 0 Å². The van der Waals surface area contributed by atoms with Crippen molar-refractivity contribution in [2.75, 3.05) is 0 Å². The smallest absolute Gasteiger partial charge is 0.224 e. The first-order chi connectivity index (χ1) is 23.2. The number of hydrogen-bond donors (Lipinski definition) is 1. The van der Waals surface area contributed by atoms with E-state index in [0.29, 0.717) is 33.5 Å². The van der Waals surface area contributed by atoms with Crippen LogP contribution in [0.25, 0.3) is 83.6 Å². The van der Waals surface area contributed by atoms with Gasteiger partial charge in [0.2, 0.25) is 5.88 Å². The number of hydrogen-bond acceptors (Lipinski definition) is 5. The first kappa shape index (κ1) is 29.6. The fraction of sp³-hybridized carbons (Fsp3) is 0. The van der Waals surface area contributed by atoms with Crippen molar-refractivity contribution < 1.29 is 30.6 Å². The van der Waals surface area contributed by atoms with E-state index >= 15 is 0 Å². The zero-order valence-corrected chi connectivity index (χ0v) is 27.6. The number of pyridine rings is 2. The predicted molar refractivity (Wildman–Crippen MR) is 186 cm³/mol. The number of benzene rings is 5. The van der Waals surface area contributed by atoms with Gasteiger partial charge in [-0.25, -0.2) is 15.0 Å². The van der Waals surface area contributed by atoms with Crippen molar-refractivity contribution in [1.82, 2.24) is 19.5 Å². The van der Waals surface area contributed by atoms with Crippen LogP contribution in [0.1, 0.15) is 0 Å². The summed E-state index contributed by atoms with van der Waals surface area (Å²) in [5.74, 6) is 0.643. The molecule has 9 aromatic rings. The molecule has 4 aromatic heterocycles. The molecule has 7 heteroatoms. The van der Waals surface area contributed by atoms with Gasteiger partial charge in [0.25, 0.3) is 0 Å². The molecule has 0 amide bonds. The minimum absolute atomic E-state index is 0. The molecule has 0 aliphatic carbocycles. The Morgan fingerprint density at radius 2 is 1.31 bits per heavy atom. The van der Waals surface area contributed by atoms with E-state index < -0.39 is 0 Å². The van der Waals surface area contributed by atoms with Crippen LogP contribution in [-0.2, 0) is 21.1 Å². The van der Waals surface area contributed by atoms with Gasteiger partial charge in [-0.05, 0) is 23.3 Å². The molecule has 5 aromatic carbocycles. The number of aromatic hydroxyl groups is 1. The van der Waals surface area contributed by atoms with Gasteiger partial charge in [-0.1, -0.05) is 103 Å². The van der Waals surface area contributed by atoms with Crippen molar-refractivity contribution >= 4 is 32.8 Å². The number of aromatic nitrogens is 4. The van der Waals surface area contributed by atoms with Gasteiger partial charge in [0.1, 0.15) is 28.0 Å². The van der Waals surface area contributed by atoms with Crippen LogP contribution in [0.15, 0.2) is 150 Å².